The van der Waals surface area contributed by atoms with E-state index in [0.717, 1.165) is 0 Å². The Hall–Kier alpha value is -2.73. The molecule has 0 atom stereocenters. The highest BCUT2D eigenvalue weighted by atomic mass is 35.5. The zero-order valence-electron chi connectivity index (χ0n) is 10.8. The average molecular weight is 300 g/mol. The zero-order chi connectivity index (χ0) is 14.7. The van der Waals surface area contributed by atoms with Crippen molar-refractivity contribution in [2.75, 3.05) is 5.32 Å². The first-order chi connectivity index (χ1) is 10.2. The van der Waals surface area contributed by atoms with Crippen molar-refractivity contribution in [3.05, 3.63) is 66.1 Å². The van der Waals surface area contributed by atoms with Gasteiger partial charge in [-0.15, -0.1) is 0 Å². The number of carbonyl (C=O) groups is 1. The Morgan fingerprint density at radius 1 is 1.24 bits per heavy atom. The molecule has 6 nitrogen and oxygen atoms in total. The van der Waals surface area contributed by atoms with E-state index in [1.807, 2.05) is 0 Å². The number of nitrogens with zero attached hydrogens (tertiary/aromatic N) is 4. The molecule has 0 unspecified atom stereocenters. The molecule has 0 radical (unpaired) electrons. The number of amides is 1. The van der Waals surface area contributed by atoms with Crippen molar-refractivity contribution in [3.8, 4) is 5.82 Å². The Morgan fingerprint density at radius 3 is 2.81 bits per heavy atom. The smallest absolute Gasteiger partial charge is 0.274 e. The molecule has 0 aliphatic carbocycles. The van der Waals surface area contributed by atoms with Crippen molar-refractivity contribution in [1.82, 2.24) is 19.5 Å². The molecule has 7 heteroatoms. The molecule has 1 amide bonds. The number of hydrogen-bond donors (Lipinski definition) is 1. The Kier molecular flexibility index (Phi) is 3.61. The minimum absolute atomic E-state index is 0.251. The summed E-state index contributed by atoms with van der Waals surface area (Å²) < 4.78 is 1.77. The lowest BCUT2D eigenvalue weighted by Gasteiger charge is -2.06. The fourth-order valence-electron chi connectivity index (χ4n) is 1.74. The van der Waals surface area contributed by atoms with Crippen molar-refractivity contribution in [3.63, 3.8) is 0 Å². The third-order valence-electron chi connectivity index (χ3n) is 2.72. The standard InChI is InChI=1S/C14H10ClN5O/c15-12-3-1-2-11(19-12)14(21)18-10-4-5-13(17-8-10)20-7-6-16-9-20/h1-9H,(H,18,21). The third-order valence-corrected chi connectivity index (χ3v) is 2.93. The van der Waals surface area contributed by atoms with E-state index in [2.05, 4.69) is 20.3 Å². The highest BCUT2D eigenvalue weighted by molar-refractivity contribution is 6.29. The molecule has 1 N–H and O–H groups in total. The predicted octanol–water partition coefficient (Wildman–Crippen LogP) is 2.57. The quantitative estimate of drug-likeness (QED) is 0.754. The monoisotopic (exact) mass is 299 g/mol. The van der Waals surface area contributed by atoms with E-state index < -0.39 is 0 Å². The lowest BCUT2D eigenvalue weighted by Crippen LogP contribution is -2.13. The molecule has 3 aromatic heterocycles. The number of anilines is 1. The second-order valence-corrected chi connectivity index (χ2v) is 4.56. The van der Waals surface area contributed by atoms with Crippen molar-refractivity contribution in [1.29, 1.82) is 0 Å². The van der Waals surface area contributed by atoms with Gasteiger partial charge in [0.05, 0.1) is 11.9 Å². The van der Waals surface area contributed by atoms with Crippen LogP contribution in [-0.2, 0) is 0 Å². The van der Waals surface area contributed by atoms with E-state index in [4.69, 9.17) is 11.6 Å². The van der Waals surface area contributed by atoms with E-state index in [1.165, 1.54) is 0 Å². The number of halogens is 1. The van der Waals surface area contributed by atoms with Crippen LogP contribution in [0.15, 0.2) is 55.2 Å². The van der Waals surface area contributed by atoms with Gasteiger partial charge in [-0.25, -0.2) is 15.0 Å². The third kappa shape index (κ3) is 3.06. The number of carbonyl (C=O) groups excluding carboxylic acids is 1. The molecule has 3 aromatic rings. The molecule has 0 bridgehead atoms. The van der Waals surface area contributed by atoms with Crippen LogP contribution in [0, 0.1) is 0 Å². The Bertz CT molecular complexity index is 755. The zero-order valence-corrected chi connectivity index (χ0v) is 11.5. The Labute approximate surface area is 125 Å². The lowest BCUT2D eigenvalue weighted by atomic mass is 10.3. The topological polar surface area (TPSA) is 72.7 Å². The van der Waals surface area contributed by atoms with Gasteiger partial charge in [0.15, 0.2) is 0 Å². The van der Waals surface area contributed by atoms with Crippen molar-refractivity contribution in [2.24, 2.45) is 0 Å². The van der Waals surface area contributed by atoms with E-state index in [-0.39, 0.29) is 16.8 Å². The summed E-state index contributed by atoms with van der Waals surface area (Å²) in [4.78, 5) is 24.1. The maximum atomic E-state index is 12.0. The Balaban J connectivity index is 1.75. The van der Waals surface area contributed by atoms with Crippen LogP contribution >= 0.6 is 11.6 Å². The number of pyridine rings is 2. The van der Waals surface area contributed by atoms with Gasteiger partial charge in [-0.05, 0) is 24.3 Å². The van der Waals surface area contributed by atoms with Gasteiger partial charge in [0.2, 0.25) is 0 Å². The van der Waals surface area contributed by atoms with Crippen molar-refractivity contribution < 1.29 is 4.79 Å². The minimum atomic E-state index is -0.338. The average Bonchev–Trinajstić information content (AvgIpc) is 3.02. The van der Waals surface area contributed by atoms with Gasteiger partial charge in [-0.1, -0.05) is 17.7 Å². The normalized spacial score (nSPS) is 10.3. The van der Waals surface area contributed by atoms with Crippen LogP contribution in [0.3, 0.4) is 0 Å². The number of rotatable bonds is 3. The van der Waals surface area contributed by atoms with Gasteiger partial charge in [0, 0.05) is 12.4 Å². The molecule has 3 heterocycles. The van der Waals surface area contributed by atoms with Gasteiger partial charge < -0.3 is 5.32 Å². The summed E-state index contributed by atoms with van der Waals surface area (Å²) in [5.41, 5.74) is 0.826. The van der Waals surface area contributed by atoms with Gasteiger partial charge in [-0.3, -0.25) is 9.36 Å². The van der Waals surface area contributed by atoms with Gasteiger partial charge in [-0.2, -0.15) is 0 Å². The van der Waals surface area contributed by atoms with Crippen LogP contribution in [-0.4, -0.2) is 25.4 Å². The molecule has 0 saturated heterocycles. The maximum absolute atomic E-state index is 12.0. The Morgan fingerprint density at radius 2 is 2.14 bits per heavy atom. The summed E-state index contributed by atoms with van der Waals surface area (Å²) in [5.74, 6) is 0.376. The van der Waals surface area contributed by atoms with E-state index >= 15 is 0 Å². The predicted molar refractivity (Wildman–Crippen MR) is 78.6 cm³/mol. The molecule has 104 valence electrons. The van der Waals surface area contributed by atoms with E-state index in [0.29, 0.717) is 11.5 Å². The second-order valence-electron chi connectivity index (χ2n) is 4.17. The summed E-state index contributed by atoms with van der Waals surface area (Å²) in [5, 5.41) is 2.98. The van der Waals surface area contributed by atoms with Gasteiger partial charge in [0.1, 0.15) is 23.0 Å². The number of aromatic nitrogens is 4. The largest absolute Gasteiger partial charge is 0.319 e. The summed E-state index contributed by atoms with van der Waals surface area (Å²) in [6.45, 7) is 0. The number of nitrogens with one attached hydrogen (secondary N) is 1. The lowest BCUT2D eigenvalue weighted by molar-refractivity contribution is 0.102. The van der Waals surface area contributed by atoms with Crippen LogP contribution < -0.4 is 5.32 Å². The summed E-state index contributed by atoms with van der Waals surface area (Å²) in [7, 11) is 0. The van der Waals surface area contributed by atoms with Crippen molar-refractivity contribution in [2.45, 2.75) is 0 Å². The summed E-state index contributed by atoms with van der Waals surface area (Å²) in [6.07, 6.45) is 6.67. The molecule has 0 aliphatic rings. The van der Waals surface area contributed by atoms with Crippen LogP contribution in [0.5, 0.6) is 0 Å². The fourth-order valence-corrected chi connectivity index (χ4v) is 1.90. The molecule has 0 saturated carbocycles. The molecule has 0 aliphatic heterocycles. The molecule has 0 fully saturated rings. The first kappa shape index (κ1) is 13.3. The molecule has 0 aromatic carbocycles. The fraction of sp³-hybridized carbons (Fsp3) is 0. The van der Waals surface area contributed by atoms with E-state index in [9.17, 15) is 4.79 Å². The summed E-state index contributed by atoms with van der Waals surface area (Å²) in [6, 6.07) is 8.41. The molecule has 21 heavy (non-hydrogen) atoms. The highest BCUT2D eigenvalue weighted by Crippen LogP contribution is 2.11. The van der Waals surface area contributed by atoms with E-state index in [1.54, 1.807) is 59.8 Å². The minimum Gasteiger partial charge on any atom is -0.319 e. The van der Waals surface area contributed by atoms with Crippen LogP contribution in [0.1, 0.15) is 10.5 Å². The SMILES string of the molecule is O=C(Nc1ccc(-n2ccnc2)nc1)c1cccc(Cl)n1. The molecular weight excluding hydrogens is 290 g/mol. The maximum Gasteiger partial charge on any atom is 0.274 e. The van der Waals surface area contributed by atoms with Crippen LogP contribution in [0.25, 0.3) is 5.82 Å². The van der Waals surface area contributed by atoms with Crippen molar-refractivity contribution >= 4 is 23.2 Å². The molecule has 3 rings (SSSR count). The van der Waals surface area contributed by atoms with Crippen LogP contribution in [0.4, 0.5) is 5.69 Å². The second kappa shape index (κ2) is 5.72. The van der Waals surface area contributed by atoms with Gasteiger partial charge in [0.25, 0.3) is 5.91 Å². The number of imidazole rings is 1. The van der Waals surface area contributed by atoms with Gasteiger partial charge >= 0.3 is 0 Å². The molecule has 0 spiro atoms. The highest BCUT2D eigenvalue weighted by Gasteiger charge is 2.08. The first-order valence-corrected chi connectivity index (χ1v) is 6.48. The summed E-state index contributed by atoms with van der Waals surface area (Å²) >= 11 is 5.76. The number of hydrogen-bond acceptors (Lipinski definition) is 4. The first-order valence-electron chi connectivity index (χ1n) is 6.11. The van der Waals surface area contributed by atoms with Crippen LogP contribution in [0.2, 0.25) is 5.15 Å². The molecular formula is C14H10ClN5O.